The molecule has 0 saturated carbocycles. The zero-order chi connectivity index (χ0) is 25.2. The third-order valence-electron chi connectivity index (χ3n) is 6.22. The molecular formula is C26H28N4O4S. The molecule has 4 rings (SSSR count). The van der Waals surface area contributed by atoms with E-state index in [1.54, 1.807) is 19.1 Å². The molecule has 1 N–H and O–H groups in total. The molecule has 182 valence electrons. The second-order valence-electron chi connectivity index (χ2n) is 8.72. The molecule has 1 aromatic heterocycles. The van der Waals surface area contributed by atoms with Gasteiger partial charge in [-0.25, -0.2) is 17.5 Å². The zero-order valence-corrected chi connectivity index (χ0v) is 20.8. The van der Waals surface area contributed by atoms with Crippen LogP contribution >= 0.6 is 0 Å². The van der Waals surface area contributed by atoms with Gasteiger partial charge in [0.2, 0.25) is 10.0 Å². The van der Waals surface area contributed by atoms with Crippen molar-refractivity contribution in [2.45, 2.75) is 30.8 Å². The first kappa shape index (κ1) is 24.7. The molecule has 2 aromatic carbocycles. The molecule has 35 heavy (non-hydrogen) atoms. The molecular weight excluding hydrogens is 464 g/mol. The summed E-state index contributed by atoms with van der Waals surface area (Å²) >= 11 is 0. The summed E-state index contributed by atoms with van der Waals surface area (Å²) in [6.07, 6.45) is 0.569. The van der Waals surface area contributed by atoms with Crippen LogP contribution in [-0.2, 0) is 23.0 Å². The zero-order valence-electron chi connectivity index (χ0n) is 20.0. The molecule has 0 aliphatic carbocycles. The van der Waals surface area contributed by atoms with Gasteiger partial charge in [0, 0.05) is 44.9 Å². The normalized spacial score (nSPS) is 14.7. The predicted molar refractivity (Wildman–Crippen MR) is 135 cm³/mol. The van der Waals surface area contributed by atoms with E-state index in [4.69, 9.17) is 0 Å². The van der Waals surface area contributed by atoms with Crippen molar-refractivity contribution in [3.8, 4) is 11.8 Å². The van der Waals surface area contributed by atoms with Crippen molar-refractivity contribution in [1.82, 2.24) is 18.8 Å². The van der Waals surface area contributed by atoms with Gasteiger partial charge in [-0.05, 0) is 36.8 Å². The van der Waals surface area contributed by atoms with Crippen molar-refractivity contribution in [2.75, 3.05) is 27.2 Å². The number of fused-ring (bicyclic) bond motifs is 1. The van der Waals surface area contributed by atoms with Gasteiger partial charge in [-0.3, -0.25) is 14.3 Å². The molecule has 0 bridgehead atoms. The maximum Gasteiger partial charge on any atom is 0.329 e. The minimum Gasteiger partial charge on any atom is -0.311 e. The molecule has 3 aromatic rings. The van der Waals surface area contributed by atoms with Crippen LogP contribution in [0.2, 0.25) is 0 Å². The Morgan fingerprint density at radius 1 is 1.06 bits per heavy atom. The topological polar surface area (TPSA) is 95.5 Å². The van der Waals surface area contributed by atoms with E-state index < -0.39 is 21.8 Å². The van der Waals surface area contributed by atoms with E-state index in [0.717, 1.165) is 9.87 Å². The van der Waals surface area contributed by atoms with Gasteiger partial charge in [-0.2, -0.15) is 0 Å². The maximum atomic E-state index is 13.4. The molecule has 0 fully saturated rings. The summed E-state index contributed by atoms with van der Waals surface area (Å²) in [6.45, 7) is 3.38. The lowest BCUT2D eigenvalue weighted by molar-refractivity contribution is 0.279. The number of aromatic amines is 1. The van der Waals surface area contributed by atoms with Crippen LogP contribution in [0.25, 0.3) is 0 Å². The Hall–Kier alpha value is -3.45. The van der Waals surface area contributed by atoms with Gasteiger partial charge in [0.25, 0.3) is 5.56 Å². The molecule has 1 aliphatic rings. The molecule has 8 nitrogen and oxygen atoms in total. The number of benzene rings is 2. The Morgan fingerprint density at radius 2 is 1.74 bits per heavy atom. The van der Waals surface area contributed by atoms with Crippen LogP contribution in [0, 0.1) is 11.8 Å². The van der Waals surface area contributed by atoms with Crippen LogP contribution in [0.5, 0.6) is 0 Å². The van der Waals surface area contributed by atoms with E-state index in [0.29, 0.717) is 42.9 Å². The van der Waals surface area contributed by atoms with Crippen molar-refractivity contribution in [3.63, 3.8) is 0 Å². The minimum atomic E-state index is -3.56. The SMILES string of the molecule is CC(c1ccc(S(=O)(=O)N(C)C)cc1)n1c(=O)[nH]c2c(c1=O)CN(CC#Cc1ccccc1)CC2. The second-order valence-corrected chi connectivity index (χ2v) is 10.9. The summed E-state index contributed by atoms with van der Waals surface area (Å²) in [5, 5.41) is 0. The summed E-state index contributed by atoms with van der Waals surface area (Å²) in [6, 6.07) is 15.4. The lowest BCUT2D eigenvalue weighted by Gasteiger charge is -2.27. The molecule has 1 unspecified atom stereocenters. The van der Waals surface area contributed by atoms with Gasteiger partial charge in [0.15, 0.2) is 0 Å². The van der Waals surface area contributed by atoms with Crippen LogP contribution in [0.3, 0.4) is 0 Å². The highest BCUT2D eigenvalue weighted by Gasteiger charge is 2.24. The Kier molecular flexibility index (Phi) is 7.08. The van der Waals surface area contributed by atoms with Crippen molar-refractivity contribution in [1.29, 1.82) is 0 Å². The summed E-state index contributed by atoms with van der Waals surface area (Å²) in [5.74, 6) is 6.30. The largest absolute Gasteiger partial charge is 0.329 e. The van der Waals surface area contributed by atoms with Gasteiger partial charge in [0.05, 0.1) is 23.0 Å². The molecule has 9 heteroatoms. The van der Waals surface area contributed by atoms with Crippen LogP contribution in [0.1, 0.15) is 35.3 Å². The summed E-state index contributed by atoms with van der Waals surface area (Å²) in [5.41, 5.74) is 2.04. The Balaban J connectivity index is 1.58. The number of sulfonamides is 1. The van der Waals surface area contributed by atoms with E-state index in [-0.39, 0.29) is 10.5 Å². The van der Waals surface area contributed by atoms with Crippen LogP contribution in [0.4, 0.5) is 0 Å². The van der Waals surface area contributed by atoms with Crippen LogP contribution < -0.4 is 11.2 Å². The first-order valence-corrected chi connectivity index (χ1v) is 12.8. The summed E-state index contributed by atoms with van der Waals surface area (Å²) < 4.78 is 27.0. The average Bonchev–Trinajstić information content (AvgIpc) is 2.85. The number of nitrogens with one attached hydrogen (secondary N) is 1. The summed E-state index contributed by atoms with van der Waals surface area (Å²) in [7, 11) is -0.630. The van der Waals surface area contributed by atoms with E-state index in [1.165, 1.54) is 30.8 Å². The van der Waals surface area contributed by atoms with Crippen LogP contribution in [-0.4, -0.2) is 54.4 Å². The van der Waals surface area contributed by atoms with Crippen molar-refractivity contribution < 1.29 is 8.42 Å². The fourth-order valence-corrected chi connectivity index (χ4v) is 5.02. The minimum absolute atomic E-state index is 0.150. The van der Waals surface area contributed by atoms with Gasteiger partial charge < -0.3 is 4.98 Å². The maximum absolute atomic E-state index is 13.4. The smallest absolute Gasteiger partial charge is 0.311 e. The molecule has 1 atom stereocenters. The van der Waals surface area contributed by atoms with Crippen molar-refractivity contribution in [3.05, 3.63) is 97.8 Å². The van der Waals surface area contributed by atoms with Crippen molar-refractivity contribution in [2.24, 2.45) is 0 Å². The highest BCUT2D eigenvalue weighted by molar-refractivity contribution is 7.89. The molecule has 0 saturated heterocycles. The monoisotopic (exact) mass is 492 g/mol. The second kappa shape index (κ2) is 10.0. The number of aromatic nitrogens is 2. The fourth-order valence-electron chi connectivity index (χ4n) is 4.12. The van der Waals surface area contributed by atoms with E-state index in [9.17, 15) is 18.0 Å². The quantitative estimate of drug-likeness (QED) is 0.548. The fraction of sp³-hybridized carbons (Fsp3) is 0.308. The number of hydrogen-bond donors (Lipinski definition) is 1. The van der Waals surface area contributed by atoms with E-state index in [2.05, 4.69) is 21.7 Å². The highest BCUT2D eigenvalue weighted by atomic mass is 32.2. The third kappa shape index (κ3) is 5.15. The number of rotatable bonds is 5. The van der Waals surface area contributed by atoms with Crippen molar-refractivity contribution >= 4 is 10.0 Å². The Morgan fingerprint density at radius 3 is 2.40 bits per heavy atom. The first-order chi connectivity index (χ1) is 16.7. The first-order valence-electron chi connectivity index (χ1n) is 11.3. The summed E-state index contributed by atoms with van der Waals surface area (Å²) in [4.78, 5) is 31.3. The van der Waals surface area contributed by atoms with E-state index >= 15 is 0 Å². The number of H-pyrrole nitrogens is 1. The molecule has 0 radical (unpaired) electrons. The highest BCUT2D eigenvalue weighted by Crippen LogP contribution is 2.20. The lowest BCUT2D eigenvalue weighted by atomic mass is 10.1. The molecule has 1 aliphatic heterocycles. The number of nitrogens with zero attached hydrogens (tertiary/aromatic N) is 3. The number of hydrogen-bond acceptors (Lipinski definition) is 5. The molecule has 2 heterocycles. The Bertz CT molecular complexity index is 1500. The van der Waals surface area contributed by atoms with Crippen LogP contribution in [0.15, 0.2) is 69.1 Å². The lowest BCUT2D eigenvalue weighted by Crippen LogP contribution is -2.45. The third-order valence-corrected chi connectivity index (χ3v) is 8.04. The standard InChI is InChI=1S/C26H28N4O4S/c1-19(21-11-13-22(14-12-21)35(33,34)28(2)3)30-25(31)23-18-29(17-15-24(23)27-26(30)32)16-7-10-20-8-5-4-6-9-20/h4-6,8-9,11-14,19H,15-18H2,1-3H3,(H,27,32). The Labute approximate surface area is 204 Å². The van der Waals surface area contributed by atoms with E-state index in [1.807, 2.05) is 30.3 Å². The van der Waals surface area contributed by atoms with Gasteiger partial charge in [-0.1, -0.05) is 42.2 Å². The molecule has 0 amide bonds. The van der Waals surface area contributed by atoms with Gasteiger partial charge >= 0.3 is 5.69 Å². The average molecular weight is 493 g/mol. The van der Waals surface area contributed by atoms with Gasteiger partial charge in [0.1, 0.15) is 0 Å². The van der Waals surface area contributed by atoms with Gasteiger partial charge in [-0.15, -0.1) is 0 Å². The molecule has 0 spiro atoms. The predicted octanol–water partition coefficient (Wildman–Crippen LogP) is 1.81.